The van der Waals surface area contributed by atoms with Gasteiger partial charge in [0.15, 0.2) is 0 Å². The number of rotatable bonds is 2. The molecule has 0 bridgehead atoms. The Balaban J connectivity index is 1.99. The first kappa shape index (κ1) is 12.7. The van der Waals surface area contributed by atoms with E-state index in [4.69, 9.17) is 11.6 Å². The zero-order valence-electron chi connectivity index (χ0n) is 10.3. The van der Waals surface area contributed by atoms with Crippen LogP contribution in [0.3, 0.4) is 0 Å². The van der Waals surface area contributed by atoms with Gasteiger partial charge in [-0.1, -0.05) is 11.6 Å². The second-order valence-corrected chi connectivity index (χ2v) is 5.39. The van der Waals surface area contributed by atoms with Crippen molar-refractivity contribution in [3.8, 4) is 0 Å². The molecule has 2 aromatic rings. The number of H-pyrrole nitrogens is 1. The van der Waals surface area contributed by atoms with Gasteiger partial charge in [0, 0.05) is 6.54 Å². The molecule has 1 saturated heterocycles. The third-order valence-electron chi connectivity index (χ3n) is 3.52. The average molecular weight is 283 g/mol. The van der Waals surface area contributed by atoms with E-state index in [-0.39, 0.29) is 6.61 Å². The van der Waals surface area contributed by atoms with Crippen LogP contribution >= 0.6 is 11.6 Å². The molecule has 1 aliphatic heterocycles. The molecule has 1 unspecified atom stereocenters. The fraction of sp³-hybridized carbons (Fsp3) is 0.500. The lowest BCUT2D eigenvalue weighted by Gasteiger charge is -2.38. The summed E-state index contributed by atoms with van der Waals surface area (Å²) < 4.78 is 0. The standard InChI is InChI=1S/C12H15ClN4O2/c13-9-4-8-10(16-9)14-7-15-11(8)17-3-1-2-12(19,5-17)6-18/h4,7,18-19H,1-3,5-6H2,(H,14,15,16). The first-order chi connectivity index (χ1) is 9.11. The van der Waals surface area contributed by atoms with Crippen molar-refractivity contribution in [3.05, 3.63) is 17.5 Å². The lowest BCUT2D eigenvalue weighted by molar-refractivity contribution is -0.0242. The molecule has 1 fully saturated rings. The summed E-state index contributed by atoms with van der Waals surface area (Å²) in [5.74, 6) is 0.736. The second-order valence-electron chi connectivity index (χ2n) is 4.98. The van der Waals surface area contributed by atoms with E-state index in [0.29, 0.717) is 23.8 Å². The number of hydrogen-bond acceptors (Lipinski definition) is 5. The maximum absolute atomic E-state index is 10.2. The first-order valence-corrected chi connectivity index (χ1v) is 6.56. The van der Waals surface area contributed by atoms with Crippen molar-refractivity contribution in [2.45, 2.75) is 18.4 Å². The number of hydrogen-bond donors (Lipinski definition) is 3. The molecular weight excluding hydrogens is 268 g/mol. The Hall–Kier alpha value is -1.37. The first-order valence-electron chi connectivity index (χ1n) is 6.19. The molecule has 0 amide bonds. The molecule has 0 saturated carbocycles. The predicted molar refractivity (Wildman–Crippen MR) is 72.4 cm³/mol. The van der Waals surface area contributed by atoms with Crippen LogP contribution in [0, 0.1) is 0 Å². The van der Waals surface area contributed by atoms with Crippen LogP contribution in [-0.4, -0.2) is 50.5 Å². The molecule has 0 aromatic carbocycles. The highest BCUT2D eigenvalue weighted by atomic mass is 35.5. The van der Waals surface area contributed by atoms with Gasteiger partial charge in [0.05, 0.1) is 18.5 Å². The summed E-state index contributed by atoms with van der Waals surface area (Å²) in [6, 6.07) is 1.78. The summed E-state index contributed by atoms with van der Waals surface area (Å²) in [6.45, 7) is 0.904. The van der Waals surface area contributed by atoms with Gasteiger partial charge in [0.25, 0.3) is 0 Å². The van der Waals surface area contributed by atoms with Crippen molar-refractivity contribution in [2.75, 3.05) is 24.6 Å². The van der Waals surface area contributed by atoms with Crippen LogP contribution in [0.2, 0.25) is 5.15 Å². The van der Waals surface area contributed by atoms with Crippen LogP contribution in [0.25, 0.3) is 11.0 Å². The highest BCUT2D eigenvalue weighted by Crippen LogP contribution is 2.30. The summed E-state index contributed by atoms with van der Waals surface area (Å²) in [4.78, 5) is 13.3. The van der Waals surface area contributed by atoms with E-state index in [9.17, 15) is 10.2 Å². The Labute approximate surface area is 115 Å². The van der Waals surface area contributed by atoms with Crippen LogP contribution < -0.4 is 4.90 Å². The van der Waals surface area contributed by atoms with Gasteiger partial charge >= 0.3 is 0 Å². The van der Waals surface area contributed by atoms with E-state index >= 15 is 0 Å². The highest BCUT2D eigenvalue weighted by molar-refractivity contribution is 6.30. The zero-order chi connectivity index (χ0) is 13.5. The summed E-state index contributed by atoms with van der Waals surface area (Å²) in [7, 11) is 0. The molecule has 7 heteroatoms. The number of halogens is 1. The predicted octanol–water partition coefficient (Wildman–Crippen LogP) is 0.935. The number of piperidine rings is 1. The molecule has 1 aliphatic rings. The van der Waals surface area contributed by atoms with E-state index in [0.717, 1.165) is 24.2 Å². The Morgan fingerprint density at radius 2 is 2.32 bits per heavy atom. The van der Waals surface area contributed by atoms with Crippen molar-refractivity contribution in [1.29, 1.82) is 0 Å². The second kappa shape index (κ2) is 4.63. The number of aromatic nitrogens is 3. The number of nitrogens with one attached hydrogen (secondary N) is 1. The monoisotopic (exact) mass is 282 g/mol. The van der Waals surface area contributed by atoms with Crippen LogP contribution in [-0.2, 0) is 0 Å². The van der Waals surface area contributed by atoms with Gasteiger partial charge in [0.2, 0.25) is 0 Å². The molecule has 6 nitrogen and oxygen atoms in total. The number of fused-ring (bicyclic) bond motifs is 1. The van der Waals surface area contributed by atoms with E-state index < -0.39 is 5.60 Å². The minimum Gasteiger partial charge on any atom is -0.393 e. The van der Waals surface area contributed by atoms with Gasteiger partial charge in [-0.2, -0.15) is 0 Å². The SMILES string of the molecule is OCC1(O)CCCN(c2ncnc3[nH]c(Cl)cc23)C1. The molecule has 3 heterocycles. The quantitative estimate of drug-likeness (QED) is 0.763. The number of aliphatic hydroxyl groups is 2. The van der Waals surface area contributed by atoms with Gasteiger partial charge in [-0.05, 0) is 18.9 Å². The minimum absolute atomic E-state index is 0.244. The molecule has 0 radical (unpaired) electrons. The summed E-state index contributed by atoms with van der Waals surface area (Å²) in [5, 5.41) is 20.8. The fourth-order valence-electron chi connectivity index (χ4n) is 2.57. The number of β-amino-alcohol motifs (C(OH)–C–C–N with tert-alkyl or cyclic N) is 1. The van der Waals surface area contributed by atoms with Crippen molar-refractivity contribution in [3.63, 3.8) is 0 Å². The molecule has 0 aliphatic carbocycles. The van der Waals surface area contributed by atoms with Gasteiger partial charge in [-0.25, -0.2) is 9.97 Å². The molecule has 1 atom stereocenters. The van der Waals surface area contributed by atoms with Crippen LogP contribution in [0.5, 0.6) is 0 Å². The normalized spacial score (nSPS) is 24.1. The molecule has 102 valence electrons. The van der Waals surface area contributed by atoms with E-state index in [1.807, 2.05) is 4.90 Å². The van der Waals surface area contributed by atoms with E-state index in [2.05, 4.69) is 15.0 Å². The van der Waals surface area contributed by atoms with Crippen LogP contribution in [0.15, 0.2) is 12.4 Å². The smallest absolute Gasteiger partial charge is 0.144 e. The van der Waals surface area contributed by atoms with Crippen molar-refractivity contribution in [1.82, 2.24) is 15.0 Å². The summed E-state index contributed by atoms with van der Waals surface area (Å²) >= 11 is 5.95. The minimum atomic E-state index is -1.06. The van der Waals surface area contributed by atoms with Gasteiger partial charge in [0.1, 0.15) is 28.5 Å². The Morgan fingerprint density at radius 3 is 3.11 bits per heavy atom. The Morgan fingerprint density at radius 1 is 1.47 bits per heavy atom. The third kappa shape index (κ3) is 2.27. The van der Waals surface area contributed by atoms with Crippen molar-refractivity contribution in [2.24, 2.45) is 0 Å². The van der Waals surface area contributed by atoms with Crippen molar-refractivity contribution >= 4 is 28.5 Å². The molecule has 3 rings (SSSR count). The number of aliphatic hydroxyl groups excluding tert-OH is 1. The number of aromatic amines is 1. The summed E-state index contributed by atoms with van der Waals surface area (Å²) in [6.07, 6.45) is 2.87. The molecule has 0 spiro atoms. The van der Waals surface area contributed by atoms with Gasteiger partial charge in [-0.3, -0.25) is 0 Å². The topological polar surface area (TPSA) is 85.3 Å². The third-order valence-corrected chi connectivity index (χ3v) is 3.72. The largest absolute Gasteiger partial charge is 0.393 e. The Kier molecular flexibility index (Phi) is 3.08. The lowest BCUT2D eigenvalue weighted by atomic mass is 9.94. The van der Waals surface area contributed by atoms with E-state index in [1.165, 1.54) is 6.33 Å². The average Bonchev–Trinajstić information content (AvgIpc) is 2.78. The number of nitrogens with zero attached hydrogens (tertiary/aromatic N) is 3. The van der Waals surface area contributed by atoms with Crippen LogP contribution in [0.4, 0.5) is 5.82 Å². The van der Waals surface area contributed by atoms with Crippen molar-refractivity contribution < 1.29 is 10.2 Å². The van der Waals surface area contributed by atoms with E-state index in [1.54, 1.807) is 6.07 Å². The van der Waals surface area contributed by atoms with Gasteiger partial charge in [-0.15, -0.1) is 0 Å². The summed E-state index contributed by atoms with van der Waals surface area (Å²) in [5.41, 5.74) is -0.386. The fourth-order valence-corrected chi connectivity index (χ4v) is 2.77. The lowest BCUT2D eigenvalue weighted by Crippen LogP contribution is -2.50. The maximum atomic E-state index is 10.2. The highest BCUT2D eigenvalue weighted by Gasteiger charge is 2.33. The van der Waals surface area contributed by atoms with Gasteiger partial charge < -0.3 is 20.1 Å². The van der Waals surface area contributed by atoms with Crippen LogP contribution in [0.1, 0.15) is 12.8 Å². The maximum Gasteiger partial charge on any atom is 0.144 e. The Bertz CT molecular complexity index is 602. The number of anilines is 1. The molecule has 19 heavy (non-hydrogen) atoms. The molecule has 3 N–H and O–H groups in total. The zero-order valence-corrected chi connectivity index (χ0v) is 11.1. The molecule has 2 aromatic heterocycles. The molecular formula is C12H15ClN4O2.